The van der Waals surface area contributed by atoms with Crippen molar-refractivity contribution in [1.29, 1.82) is 0 Å². The summed E-state index contributed by atoms with van der Waals surface area (Å²) in [5, 5.41) is 1.29. The van der Waals surface area contributed by atoms with E-state index in [2.05, 4.69) is 155 Å². The molecule has 0 saturated heterocycles. The Morgan fingerprint density at radius 2 is 0.978 bits per heavy atom. The maximum absolute atomic E-state index is 2.74. The third kappa shape index (κ3) is 4.14. The standard InChI is InChI=1S/C44H56S2/c1-23-15-27-17-25(3)45-39(27)35(23)37-33-21-31(41(5,6)7)19-29-13-14-30-20-32(42(8,9)10)22-34(44(30,12)43(29,33)11)38(37)36-24(2)16-28-18-26(4)46-40(28)36/h13-14,17-24,27-28,35-36,39-40H,15-16H2,1-12H3/t23?,24?,27?,28?,35?,36?,39?,40?,43-,44-/m1/s1. The lowest BCUT2D eigenvalue weighted by molar-refractivity contribution is 0.230. The van der Waals surface area contributed by atoms with Crippen molar-refractivity contribution in [1.82, 2.24) is 0 Å². The fourth-order valence-corrected chi connectivity index (χ4v) is 14.4. The highest BCUT2D eigenvalue weighted by Crippen LogP contribution is 2.72. The third-order valence-electron chi connectivity index (χ3n) is 13.8. The van der Waals surface area contributed by atoms with Gasteiger partial charge >= 0.3 is 0 Å². The molecule has 10 atom stereocenters. The zero-order valence-corrected chi connectivity index (χ0v) is 32.1. The quantitative estimate of drug-likeness (QED) is 0.292. The molecule has 2 aliphatic heterocycles. The van der Waals surface area contributed by atoms with E-state index in [9.17, 15) is 0 Å². The van der Waals surface area contributed by atoms with Crippen LogP contribution in [0.5, 0.6) is 0 Å². The molecule has 0 aromatic rings. The third-order valence-corrected chi connectivity index (χ3v) is 16.6. The molecule has 8 unspecified atom stereocenters. The van der Waals surface area contributed by atoms with Gasteiger partial charge in [-0.1, -0.05) is 118 Å². The molecule has 0 aromatic carbocycles. The molecule has 2 heteroatoms. The van der Waals surface area contributed by atoms with E-state index >= 15 is 0 Å². The highest BCUT2D eigenvalue weighted by atomic mass is 32.2. The molecule has 0 N–H and O–H groups in total. The maximum atomic E-state index is 2.74. The van der Waals surface area contributed by atoms with Crippen molar-refractivity contribution in [3.8, 4) is 0 Å². The second kappa shape index (κ2) is 9.97. The van der Waals surface area contributed by atoms with Gasteiger partial charge in [0.1, 0.15) is 0 Å². The Kier molecular flexibility index (Phi) is 6.85. The van der Waals surface area contributed by atoms with Crippen molar-refractivity contribution in [2.75, 3.05) is 0 Å². The maximum Gasteiger partial charge on any atom is 0.0312 e. The summed E-state index contributed by atoms with van der Waals surface area (Å²) in [4.78, 5) is 3.10. The molecule has 8 aliphatic rings. The SMILES string of the molecule is CC1=CC2CC(C)C(C3=C4C=C(C(C)(C)C)C=C5C=CC6=CC(C(C)(C)C)=CC(=C3C3C(C)CC7C=C(C)SC73)[C@]6(C)[C@]54C)C2S1. The second-order valence-electron chi connectivity index (χ2n) is 18.7. The summed E-state index contributed by atoms with van der Waals surface area (Å²) < 4.78 is 0. The van der Waals surface area contributed by atoms with E-state index < -0.39 is 0 Å². The predicted octanol–water partition coefficient (Wildman–Crippen LogP) is 12.6. The van der Waals surface area contributed by atoms with Crippen molar-refractivity contribution >= 4 is 23.5 Å². The van der Waals surface area contributed by atoms with Gasteiger partial charge in [0.2, 0.25) is 0 Å². The summed E-state index contributed by atoms with van der Waals surface area (Å²) in [6, 6.07) is 0. The predicted molar refractivity (Wildman–Crippen MR) is 202 cm³/mol. The minimum atomic E-state index is -0.0990. The Labute approximate surface area is 288 Å². The molecule has 0 radical (unpaired) electrons. The van der Waals surface area contributed by atoms with Gasteiger partial charge in [0.05, 0.1) is 0 Å². The molecule has 2 heterocycles. The summed E-state index contributed by atoms with van der Waals surface area (Å²) in [6.45, 7) is 29.8. The minimum Gasteiger partial charge on any atom is -0.127 e. The first kappa shape index (κ1) is 31.6. The average molecular weight is 649 g/mol. The van der Waals surface area contributed by atoms with Crippen LogP contribution in [0.3, 0.4) is 0 Å². The Morgan fingerprint density at radius 1 is 0.609 bits per heavy atom. The highest BCUT2D eigenvalue weighted by Gasteiger charge is 2.63. The summed E-state index contributed by atoms with van der Waals surface area (Å²) >= 11 is 4.43. The fraction of sp³-hybridized carbons (Fsp3) is 0.591. The van der Waals surface area contributed by atoms with Crippen molar-refractivity contribution < 1.29 is 0 Å². The van der Waals surface area contributed by atoms with Gasteiger partial charge in [-0.2, -0.15) is 0 Å². The monoisotopic (exact) mass is 648 g/mol. The molecule has 0 aromatic heterocycles. The van der Waals surface area contributed by atoms with Crippen molar-refractivity contribution in [2.24, 2.45) is 57.2 Å². The van der Waals surface area contributed by atoms with Crippen LogP contribution in [-0.2, 0) is 0 Å². The summed E-state index contributed by atoms with van der Waals surface area (Å²) in [5.41, 5.74) is 12.9. The molecule has 0 nitrogen and oxygen atoms in total. The molecular weight excluding hydrogens is 593 g/mol. The average Bonchev–Trinajstić information content (AvgIpc) is 3.64. The molecule has 0 spiro atoms. The molecule has 0 bridgehead atoms. The molecule has 2 fully saturated rings. The lowest BCUT2D eigenvalue weighted by Crippen LogP contribution is -2.51. The second-order valence-corrected chi connectivity index (χ2v) is 21.5. The van der Waals surface area contributed by atoms with E-state index in [0.29, 0.717) is 46.0 Å². The van der Waals surface area contributed by atoms with E-state index in [1.54, 1.807) is 32.1 Å². The first-order valence-corrected chi connectivity index (χ1v) is 20.0. The summed E-state index contributed by atoms with van der Waals surface area (Å²) in [6.07, 6.45) is 23.6. The molecule has 6 aliphatic carbocycles. The minimum absolute atomic E-state index is 0.0888. The first-order chi connectivity index (χ1) is 21.4. The molecular formula is C44H56S2. The van der Waals surface area contributed by atoms with Crippen LogP contribution in [0.2, 0.25) is 0 Å². The molecule has 8 rings (SSSR count). The normalized spacial score (nSPS) is 42.7. The molecule has 244 valence electrons. The Hall–Kier alpha value is -1.64. The van der Waals surface area contributed by atoms with Gasteiger partial charge in [0, 0.05) is 21.3 Å². The van der Waals surface area contributed by atoms with Crippen LogP contribution in [-0.4, -0.2) is 10.5 Å². The van der Waals surface area contributed by atoms with E-state index in [1.807, 2.05) is 0 Å². The first-order valence-electron chi connectivity index (χ1n) is 18.2. The van der Waals surface area contributed by atoms with Gasteiger partial charge in [-0.3, -0.25) is 0 Å². The van der Waals surface area contributed by atoms with E-state index in [0.717, 1.165) is 0 Å². The van der Waals surface area contributed by atoms with E-state index in [1.165, 1.54) is 35.1 Å². The topological polar surface area (TPSA) is 0 Å². The van der Waals surface area contributed by atoms with Crippen LogP contribution in [0.1, 0.15) is 95.9 Å². The number of fused-ring (bicyclic) bond motifs is 2. The van der Waals surface area contributed by atoms with Gasteiger partial charge in [-0.15, -0.1) is 23.5 Å². The number of hydrogen-bond donors (Lipinski definition) is 0. The van der Waals surface area contributed by atoms with Crippen molar-refractivity contribution in [3.05, 3.63) is 103 Å². The van der Waals surface area contributed by atoms with Crippen LogP contribution in [0.15, 0.2) is 103 Å². The highest BCUT2D eigenvalue weighted by molar-refractivity contribution is 8.04. The number of allylic oxidation sites excluding steroid dienone is 18. The number of thioether (sulfide) groups is 2. The van der Waals surface area contributed by atoms with Gasteiger partial charge < -0.3 is 0 Å². The van der Waals surface area contributed by atoms with Crippen LogP contribution in [0, 0.1) is 57.2 Å². The van der Waals surface area contributed by atoms with Crippen LogP contribution >= 0.6 is 23.5 Å². The summed E-state index contributed by atoms with van der Waals surface area (Å²) in [5.74, 6) is 3.87. The van der Waals surface area contributed by atoms with Gasteiger partial charge in [-0.25, -0.2) is 0 Å². The lowest BCUT2D eigenvalue weighted by Gasteiger charge is -2.60. The van der Waals surface area contributed by atoms with Crippen molar-refractivity contribution in [2.45, 2.75) is 106 Å². The lowest BCUT2D eigenvalue weighted by atomic mass is 9.42. The van der Waals surface area contributed by atoms with Crippen molar-refractivity contribution in [3.63, 3.8) is 0 Å². The zero-order chi connectivity index (χ0) is 32.9. The van der Waals surface area contributed by atoms with Crippen LogP contribution < -0.4 is 0 Å². The number of hydrogen-bond acceptors (Lipinski definition) is 2. The Bertz CT molecular complexity index is 1590. The van der Waals surface area contributed by atoms with Crippen LogP contribution in [0.25, 0.3) is 0 Å². The smallest absolute Gasteiger partial charge is 0.0312 e. The molecule has 46 heavy (non-hydrogen) atoms. The molecule has 2 saturated carbocycles. The molecule has 0 amide bonds. The van der Waals surface area contributed by atoms with Crippen LogP contribution in [0.4, 0.5) is 0 Å². The van der Waals surface area contributed by atoms with Gasteiger partial charge in [0.25, 0.3) is 0 Å². The Morgan fingerprint density at radius 3 is 1.33 bits per heavy atom. The number of rotatable bonds is 2. The Balaban J connectivity index is 1.51. The van der Waals surface area contributed by atoms with Gasteiger partial charge in [-0.05, 0) is 127 Å². The summed E-state index contributed by atoms with van der Waals surface area (Å²) in [7, 11) is 0. The largest absolute Gasteiger partial charge is 0.127 e. The fourth-order valence-electron chi connectivity index (χ4n) is 11.2. The zero-order valence-electron chi connectivity index (χ0n) is 30.5. The van der Waals surface area contributed by atoms with E-state index in [-0.39, 0.29) is 21.7 Å². The van der Waals surface area contributed by atoms with E-state index in [4.69, 9.17) is 0 Å². The van der Waals surface area contributed by atoms with Gasteiger partial charge in [0.15, 0.2) is 0 Å².